The second-order valence-corrected chi connectivity index (χ2v) is 8.10. The van der Waals surface area contributed by atoms with Gasteiger partial charge in [-0.15, -0.1) is 6.58 Å². The number of carbonyl (C=O) groups is 2. The molecule has 0 aromatic rings. The highest BCUT2D eigenvalue weighted by Gasteiger charge is 2.42. The fourth-order valence-corrected chi connectivity index (χ4v) is 3.16. The van der Waals surface area contributed by atoms with E-state index in [1.54, 1.807) is 19.1 Å². The van der Waals surface area contributed by atoms with Gasteiger partial charge in [0.1, 0.15) is 6.61 Å². The van der Waals surface area contributed by atoms with Crippen molar-refractivity contribution < 1.29 is 36.3 Å². The van der Waals surface area contributed by atoms with Crippen molar-refractivity contribution in [2.75, 3.05) is 26.2 Å². The molecule has 11 heteroatoms. The van der Waals surface area contributed by atoms with Crippen molar-refractivity contribution in [3.8, 4) is 0 Å². The van der Waals surface area contributed by atoms with Crippen molar-refractivity contribution in [1.29, 1.82) is 0 Å². The zero-order valence-corrected chi connectivity index (χ0v) is 24.2. The number of amides is 2. The quantitative estimate of drug-likeness (QED) is 0.170. The Morgan fingerprint density at radius 3 is 2.26 bits per heavy atom. The SMILES string of the molecule is C/C=C\CC1=NC(C(=O)NCCCCCC(=O)N2CCC(F)(F)C2)=C(C(F)(F)F)OC1.C=CCC.CC.CC. The van der Waals surface area contributed by atoms with Crippen molar-refractivity contribution in [1.82, 2.24) is 10.2 Å². The van der Waals surface area contributed by atoms with Gasteiger partial charge in [0.25, 0.3) is 11.8 Å². The number of nitrogens with zero attached hydrogens (tertiary/aromatic N) is 2. The third kappa shape index (κ3) is 16.1. The Bertz CT molecular complexity index is 822. The van der Waals surface area contributed by atoms with Crippen molar-refractivity contribution in [2.45, 2.75) is 98.6 Å². The highest BCUT2D eigenvalue weighted by Crippen LogP contribution is 2.32. The second kappa shape index (κ2) is 21.1. The van der Waals surface area contributed by atoms with Crippen LogP contribution in [0.25, 0.3) is 0 Å². The summed E-state index contributed by atoms with van der Waals surface area (Å²) >= 11 is 0. The number of hydrogen-bond donors (Lipinski definition) is 1. The first kappa shape index (κ1) is 38.4. The third-order valence-electron chi connectivity index (χ3n) is 5.09. The fraction of sp³-hybridized carbons (Fsp3) is 0.679. The summed E-state index contributed by atoms with van der Waals surface area (Å²) in [5, 5.41) is 2.39. The molecular formula is C28H46F5N3O3. The number of halogens is 5. The van der Waals surface area contributed by atoms with Crippen molar-refractivity contribution in [2.24, 2.45) is 4.99 Å². The predicted octanol–water partition coefficient (Wildman–Crippen LogP) is 7.38. The molecule has 0 aromatic carbocycles. The van der Waals surface area contributed by atoms with Crippen LogP contribution in [0.15, 0.2) is 41.3 Å². The van der Waals surface area contributed by atoms with Crippen LogP contribution < -0.4 is 5.32 Å². The topological polar surface area (TPSA) is 71.0 Å². The molecule has 0 atom stereocenters. The maximum atomic E-state index is 13.1. The molecule has 1 N–H and O–H groups in total. The van der Waals surface area contributed by atoms with Crippen LogP contribution in [0.5, 0.6) is 0 Å². The molecule has 6 nitrogen and oxygen atoms in total. The molecule has 2 aliphatic rings. The van der Waals surface area contributed by atoms with E-state index < -0.39 is 36.0 Å². The van der Waals surface area contributed by atoms with Gasteiger partial charge in [-0.05, 0) is 26.2 Å². The van der Waals surface area contributed by atoms with Crippen molar-refractivity contribution in [3.63, 3.8) is 0 Å². The van der Waals surface area contributed by atoms with E-state index in [9.17, 15) is 31.5 Å². The lowest BCUT2D eigenvalue weighted by Gasteiger charge is -2.21. The number of unbranched alkanes of at least 4 members (excludes halogenated alkanes) is 2. The van der Waals surface area contributed by atoms with Crippen LogP contribution >= 0.6 is 0 Å². The van der Waals surface area contributed by atoms with Crippen molar-refractivity contribution in [3.05, 3.63) is 36.3 Å². The minimum absolute atomic E-state index is 0.0389. The van der Waals surface area contributed by atoms with Gasteiger partial charge < -0.3 is 15.0 Å². The number of nitrogens with one attached hydrogen (secondary N) is 1. The van der Waals surface area contributed by atoms with Gasteiger partial charge in [-0.1, -0.05) is 59.3 Å². The van der Waals surface area contributed by atoms with Gasteiger partial charge >= 0.3 is 6.18 Å². The minimum Gasteiger partial charge on any atom is -0.481 e. The summed E-state index contributed by atoms with van der Waals surface area (Å²) in [6.07, 6.45) is 2.94. The number of allylic oxidation sites excluding steroid dienone is 4. The van der Waals surface area contributed by atoms with E-state index in [0.29, 0.717) is 25.0 Å². The van der Waals surface area contributed by atoms with Gasteiger partial charge in [0, 0.05) is 32.4 Å². The monoisotopic (exact) mass is 567 g/mol. The number of ether oxygens (including phenoxy) is 1. The Balaban J connectivity index is 0. The van der Waals surface area contributed by atoms with Crippen LogP contribution in [0, 0.1) is 0 Å². The molecule has 0 aliphatic carbocycles. The van der Waals surface area contributed by atoms with Crippen LogP contribution in [-0.2, 0) is 14.3 Å². The Labute approximate surface area is 230 Å². The molecule has 1 saturated heterocycles. The van der Waals surface area contributed by atoms with E-state index >= 15 is 0 Å². The Morgan fingerprint density at radius 1 is 1.15 bits per heavy atom. The molecule has 2 heterocycles. The second-order valence-electron chi connectivity index (χ2n) is 8.10. The zero-order valence-electron chi connectivity index (χ0n) is 24.2. The average Bonchev–Trinajstić information content (AvgIpc) is 3.30. The Morgan fingerprint density at radius 2 is 1.77 bits per heavy atom. The lowest BCUT2D eigenvalue weighted by Crippen LogP contribution is -2.33. The summed E-state index contributed by atoms with van der Waals surface area (Å²) in [7, 11) is 0. The highest BCUT2D eigenvalue weighted by molar-refractivity contribution is 5.99. The van der Waals surface area contributed by atoms with E-state index in [2.05, 4.69) is 23.8 Å². The molecule has 2 rings (SSSR count). The summed E-state index contributed by atoms with van der Waals surface area (Å²) in [6, 6.07) is 0. The molecule has 2 amide bonds. The van der Waals surface area contributed by atoms with Gasteiger partial charge in [0.15, 0.2) is 5.70 Å². The average molecular weight is 568 g/mol. The van der Waals surface area contributed by atoms with Gasteiger partial charge in [0.2, 0.25) is 11.7 Å². The molecular weight excluding hydrogens is 521 g/mol. The van der Waals surface area contributed by atoms with Crippen LogP contribution in [0.2, 0.25) is 0 Å². The largest absolute Gasteiger partial charge is 0.481 e. The summed E-state index contributed by atoms with van der Waals surface area (Å²) in [6.45, 7) is 14.5. The summed E-state index contributed by atoms with van der Waals surface area (Å²) < 4.78 is 70.4. The molecule has 0 saturated carbocycles. The number of aliphatic imine (C=N–C) groups is 1. The number of rotatable bonds is 10. The van der Waals surface area contributed by atoms with Crippen LogP contribution in [0.1, 0.15) is 86.5 Å². The summed E-state index contributed by atoms with van der Waals surface area (Å²) in [4.78, 5) is 29.1. The van der Waals surface area contributed by atoms with Gasteiger partial charge in [0.05, 0.1) is 12.3 Å². The fourth-order valence-electron chi connectivity index (χ4n) is 3.16. The molecule has 0 bridgehead atoms. The Hall–Kier alpha value is -2.72. The van der Waals surface area contributed by atoms with Gasteiger partial charge in [-0.25, -0.2) is 13.8 Å². The molecule has 0 unspecified atom stereocenters. The Kier molecular flexibility index (Phi) is 20.8. The van der Waals surface area contributed by atoms with E-state index in [0.717, 1.165) is 11.3 Å². The molecule has 2 aliphatic heterocycles. The maximum Gasteiger partial charge on any atom is 0.451 e. The molecule has 0 spiro atoms. The van der Waals surface area contributed by atoms with Crippen LogP contribution in [0.4, 0.5) is 22.0 Å². The first-order valence-corrected chi connectivity index (χ1v) is 13.6. The lowest BCUT2D eigenvalue weighted by atomic mass is 10.1. The maximum absolute atomic E-state index is 13.1. The molecule has 1 fully saturated rings. The molecule has 226 valence electrons. The van der Waals surface area contributed by atoms with E-state index in [1.807, 2.05) is 33.8 Å². The van der Waals surface area contributed by atoms with Gasteiger partial charge in [-0.3, -0.25) is 9.59 Å². The zero-order chi connectivity index (χ0) is 30.5. The van der Waals surface area contributed by atoms with E-state index in [4.69, 9.17) is 4.74 Å². The third-order valence-corrected chi connectivity index (χ3v) is 5.09. The summed E-state index contributed by atoms with van der Waals surface area (Å²) in [5.41, 5.74) is -0.495. The number of carbonyl (C=O) groups excluding carboxylic acids is 2. The molecule has 0 radical (unpaired) electrons. The van der Waals surface area contributed by atoms with Crippen molar-refractivity contribution >= 4 is 17.5 Å². The number of likely N-dealkylation sites (tertiary alicyclic amines) is 1. The van der Waals surface area contributed by atoms with Gasteiger partial charge in [-0.2, -0.15) is 13.2 Å². The van der Waals surface area contributed by atoms with Crippen LogP contribution in [0.3, 0.4) is 0 Å². The predicted molar refractivity (Wildman–Crippen MR) is 147 cm³/mol. The van der Waals surface area contributed by atoms with E-state index in [-0.39, 0.29) is 44.9 Å². The smallest absolute Gasteiger partial charge is 0.451 e. The van der Waals surface area contributed by atoms with Crippen LogP contribution in [-0.4, -0.2) is 60.8 Å². The lowest BCUT2D eigenvalue weighted by molar-refractivity contribution is -0.134. The standard InChI is InChI=1S/C20H26F5N3O3.C4H8.2C2H6/c1-2-3-7-14-12-31-17(20(23,24)25)16(27-14)18(30)26-10-6-4-5-8-15(29)28-11-9-19(21,22)13-28;1-3-4-2;2*1-2/h2-3H,4-13H2,1H3,(H,26,30);3H,1,4H2,2H3;2*1-2H3/b3-2-;;;. The first-order valence-electron chi connectivity index (χ1n) is 13.6. The van der Waals surface area contributed by atoms with E-state index in [1.165, 1.54) is 0 Å². The minimum atomic E-state index is -4.84. The molecule has 0 aromatic heterocycles. The number of hydrogen-bond acceptors (Lipinski definition) is 4. The first-order chi connectivity index (χ1) is 18.4. The normalized spacial score (nSPS) is 16.0. The summed E-state index contributed by atoms with van der Waals surface area (Å²) in [5.74, 6) is -5.58. The molecule has 39 heavy (non-hydrogen) atoms. The number of alkyl halides is 5. The highest BCUT2D eigenvalue weighted by atomic mass is 19.4.